The van der Waals surface area contributed by atoms with E-state index in [0.29, 0.717) is 36.0 Å². The highest BCUT2D eigenvalue weighted by Gasteiger charge is 2.17. The molecular formula is C27H27FN8O2. The predicted molar refractivity (Wildman–Crippen MR) is 147 cm³/mol. The number of benzene rings is 1. The number of ether oxygens (including phenoxy) is 1. The van der Waals surface area contributed by atoms with Gasteiger partial charge in [-0.3, -0.25) is 10.4 Å². The van der Waals surface area contributed by atoms with Crippen molar-refractivity contribution in [1.29, 1.82) is 0 Å². The van der Waals surface area contributed by atoms with Crippen LogP contribution in [0.15, 0.2) is 73.4 Å². The summed E-state index contributed by atoms with van der Waals surface area (Å²) in [5, 5.41) is 13.3. The Labute approximate surface area is 218 Å². The number of anilines is 3. The number of nitrogens with one attached hydrogen (secondary N) is 4. The van der Waals surface area contributed by atoms with Crippen molar-refractivity contribution in [2.75, 3.05) is 41.8 Å². The number of allylic oxidation sites excluding steroid dienone is 5. The summed E-state index contributed by atoms with van der Waals surface area (Å²) in [4.78, 5) is 27.0. The number of rotatable bonds is 7. The fourth-order valence-electron chi connectivity index (χ4n) is 4.22. The second-order valence-electron chi connectivity index (χ2n) is 8.61. The molecule has 1 saturated heterocycles. The van der Waals surface area contributed by atoms with Crippen LogP contribution in [0.4, 0.5) is 26.5 Å². The standard InChI is InChI=1S/C27H27FN8O2/c1-3-4-19(13-17(2)28)23-15-24(35-34-23)33-27(37)31-20-7-5-18(6-8-20)22-14-21-25(32-22)29-16-30-26(21)36-9-11-38-12-10-36/h3-8,13-16H,2,9-12H2,1H3,(H,29,30,32)(H3,31,33,34,35,37)/b4-3-,19-13+. The third-order valence-corrected chi connectivity index (χ3v) is 5.95. The van der Waals surface area contributed by atoms with Gasteiger partial charge in [0.05, 0.1) is 24.3 Å². The highest BCUT2D eigenvalue weighted by Crippen LogP contribution is 2.29. The molecule has 0 aliphatic carbocycles. The Morgan fingerprint density at radius 2 is 1.95 bits per heavy atom. The lowest BCUT2D eigenvalue weighted by Crippen LogP contribution is -2.36. The topological polar surface area (TPSA) is 124 Å². The van der Waals surface area contributed by atoms with Crippen LogP contribution in [0.25, 0.3) is 27.9 Å². The van der Waals surface area contributed by atoms with Crippen molar-refractivity contribution in [2.45, 2.75) is 6.92 Å². The van der Waals surface area contributed by atoms with Gasteiger partial charge in [0.15, 0.2) is 0 Å². The maximum Gasteiger partial charge on any atom is 0.324 e. The van der Waals surface area contributed by atoms with Gasteiger partial charge in [-0.25, -0.2) is 19.2 Å². The van der Waals surface area contributed by atoms with Crippen LogP contribution in [0, 0.1) is 0 Å². The van der Waals surface area contributed by atoms with Crippen LogP contribution < -0.4 is 15.5 Å². The monoisotopic (exact) mass is 514 g/mol. The van der Waals surface area contributed by atoms with Gasteiger partial charge in [0, 0.05) is 36.1 Å². The summed E-state index contributed by atoms with van der Waals surface area (Å²) >= 11 is 0. The summed E-state index contributed by atoms with van der Waals surface area (Å²) in [5.74, 6) is 0.666. The summed E-state index contributed by atoms with van der Waals surface area (Å²) < 4.78 is 18.7. The van der Waals surface area contributed by atoms with E-state index in [0.717, 1.165) is 41.2 Å². The number of H-pyrrole nitrogens is 2. The first kappa shape index (κ1) is 24.9. The zero-order valence-corrected chi connectivity index (χ0v) is 20.8. The molecule has 1 aliphatic rings. The van der Waals surface area contributed by atoms with Crippen molar-refractivity contribution in [3.8, 4) is 11.3 Å². The molecule has 38 heavy (non-hydrogen) atoms. The first-order valence-electron chi connectivity index (χ1n) is 12.1. The molecular weight excluding hydrogens is 487 g/mol. The molecule has 1 aliphatic heterocycles. The number of fused-ring (bicyclic) bond motifs is 1. The van der Waals surface area contributed by atoms with E-state index >= 15 is 0 Å². The first-order valence-corrected chi connectivity index (χ1v) is 12.1. The quantitative estimate of drug-likeness (QED) is 0.249. The molecule has 0 radical (unpaired) electrons. The molecule has 1 fully saturated rings. The Hall–Kier alpha value is -4.77. The number of morpholine rings is 1. The molecule has 3 aromatic heterocycles. The van der Waals surface area contributed by atoms with Crippen LogP contribution >= 0.6 is 0 Å². The normalized spacial score (nSPS) is 14.3. The van der Waals surface area contributed by atoms with Crippen LogP contribution in [0.5, 0.6) is 0 Å². The Kier molecular flexibility index (Phi) is 7.27. The van der Waals surface area contributed by atoms with Crippen molar-refractivity contribution in [3.05, 3.63) is 79.1 Å². The molecule has 2 amide bonds. The summed E-state index contributed by atoms with van der Waals surface area (Å²) in [6.45, 7) is 8.00. The fraction of sp³-hybridized carbons (Fsp3) is 0.185. The number of aromatic nitrogens is 5. The van der Waals surface area contributed by atoms with Gasteiger partial charge in [-0.15, -0.1) is 0 Å². The minimum Gasteiger partial charge on any atom is -0.378 e. The van der Waals surface area contributed by atoms with Crippen molar-refractivity contribution in [1.82, 2.24) is 25.1 Å². The minimum atomic E-state index is -0.588. The number of nitrogens with zero attached hydrogens (tertiary/aromatic N) is 4. The number of hydrogen-bond donors (Lipinski definition) is 4. The lowest BCUT2D eigenvalue weighted by Gasteiger charge is -2.27. The number of aromatic amines is 2. The molecule has 194 valence electrons. The van der Waals surface area contributed by atoms with Gasteiger partial charge in [-0.2, -0.15) is 5.10 Å². The van der Waals surface area contributed by atoms with Gasteiger partial charge < -0.3 is 19.9 Å². The van der Waals surface area contributed by atoms with Crippen LogP contribution in [0.2, 0.25) is 0 Å². The van der Waals surface area contributed by atoms with Gasteiger partial charge in [-0.1, -0.05) is 30.9 Å². The fourth-order valence-corrected chi connectivity index (χ4v) is 4.22. The zero-order chi connectivity index (χ0) is 26.5. The Balaban J connectivity index is 1.26. The van der Waals surface area contributed by atoms with E-state index in [4.69, 9.17) is 4.74 Å². The zero-order valence-electron chi connectivity index (χ0n) is 20.8. The van der Waals surface area contributed by atoms with Crippen molar-refractivity contribution >= 4 is 40.0 Å². The maximum absolute atomic E-state index is 13.3. The first-order chi connectivity index (χ1) is 18.5. The number of halogens is 1. The second-order valence-corrected chi connectivity index (χ2v) is 8.61. The average molecular weight is 515 g/mol. The Morgan fingerprint density at radius 3 is 2.68 bits per heavy atom. The molecule has 0 unspecified atom stereocenters. The van der Waals surface area contributed by atoms with E-state index in [1.165, 1.54) is 6.08 Å². The number of hydrogen-bond acceptors (Lipinski definition) is 6. The molecule has 5 rings (SSSR count). The van der Waals surface area contributed by atoms with Crippen molar-refractivity contribution in [2.24, 2.45) is 0 Å². The van der Waals surface area contributed by atoms with Gasteiger partial charge >= 0.3 is 6.03 Å². The van der Waals surface area contributed by atoms with E-state index in [9.17, 15) is 9.18 Å². The van der Waals surface area contributed by atoms with Crippen molar-refractivity contribution in [3.63, 3.8) is 0 Å². The average Bonchev–Trinajstić information content (AvgIpc) is 3.56. The molecule has 0 spiro atoms. The molecule has 10 nitrogen and oxygen atoms in total. The molecule has 0 bridgehead atoms. The Morgan fingerprint density at radius 1 is 1.16 bits per heavy atom. The predicted octanol–water partition coefficient (Wildman–Crippen LogP) is 5.27. The van der Waals surface area contributed by atoms with Crippen LogP contribution in [-0.4, -0.2) is 57.5 Å². The summed E-state index contributed by atoms with van der Waals surface area (Å²) in [6.07, 6.45) is 6.30. The molecule has 4 heterocycles. The number of urea groups is 1. The maximum atomic E-state index is 13.3. The minimum absolute atomic E-state index is 0.365. The summed E-state index contributed by atoms with van der Waals surface area (Å²) in [6, 6.07) is 10.7. The molecule has 11 heteroatoms. The summed E-state index contributed by atoms with van der Waals surface area (Å²) in [7, 11) is 0. The molecule has 4 N–H and O–H groups in total. The van der Waals surface area contributed by atoms with Crippen LogP contribution in [-0.2, 0) is 4.74 Å². The lowest BCUT2D eigenvalue weighted by molar-refractivity contribution is 0.122. The van der Waals surface area contributed by atoms with Gasteiger partial charge in [0.25, 0.3) is 0 Å². The number of carbonyl (C=O) groups excluding carboxylic acids is 1. The van der Waals surface area contributed by atoms with Gasteiger partial charge in [-0.05, 0) is 36.8 Å². The van der Waals surface area contributed by atoms with E-state index < -0.39 is 11.9 Å². The van der Waals surface area contributed by atoms with E-state index in [1.54, 1.807) is 24.5 Å². The molecule has 1 aromatic carbocycles. The van der Waals surface area contributed by atoms with Gasteiger partial charge in [0.2, 0.25) is 0 Å². The van der Waals surface area contributed by atoms with Crippen LogP contribution in [0.1, 0.15) is 12.6 Å². The van der Waals surface area contributed by atoms with Gasteiger partial charge in [0.1, 0.15) is 29.4 Å². The highest BCUT2D eigenvalue weighted by molar-refractivity contribution is 5.99. The molecule has 0 atom stereocenters. The third-order valence-electron chi connectivity index (χ3n) is 5.95. The van der Waals surface area contributed by atoms with E-state index in [-0.39, 0.29) is 0 Å². The second kappa shape index (κ2) is 11.1. The lowest BCUT2D eigenvalue weighted by atomic mass is 10.1. The number of carbonyl (C=O) groups is 1. The smallest absolute Gasteiger partial charge is 0.324 e. The summed E-state index contributed by atoms with van der Waals surface area (Å²) in [5.41, 5.74) is 4.22. The highest BCUT2D eigenvalue weighted by atomic mass is 19.1. The number of amides is 2. The largest absolute Gasteiger partial charge is 0.378 e. The van der Waals surface area contributed by atoms with Crippen molar-refractivity contribution < 1.29 is 13.9 Å². The van der Waals surface area contributed by atoms with E-state index in [1.807, 2.05) is 37.3 Å². The molecule has 4 aromatic rings. The van der Waals surface area contributed by atoms with E-state index in [2.05, 4.69) is 47.3 Å². The third kappa shape index (κ3) is 5.62. The van der Waals surface area contributed by atoms with Crippen LogP contribution in [0.3, 0.4) is 0 Å². The molecule has 0 saturated carbocycles. The SMILES string of the molecule is C=C(F)/C=C(\C=C/C)c1cc(NC(=O)Nc2ccc(-c3cc4c(N5CCOCC5)ncnc4[nH]3)cc2)[nH]n1. The Bertz CT molecular complexity index is 1510.